The van der Waals surface area contributed by atoms with Gasteiger partial charge in [-0.05, 0) is 43.7 Å². The Hall–Kier alpha value is -2.60. The minimum atomic E-state index is 0.0255. The van der Waals surface area contributed by atoms with Crippen molar-refractivity contribution in [2.24, 2.45) is 0 Å². The summed E-state index contributed by atoms with van der Waals surface area (Å²) in [5.74, 6) is 3.37. The summed E-state index contributed by atoms with van der Waals surface area (Å²) in [6, 6.07) is 8.27. The van der Waals surface area contributed by atoms with Gasteiger partial charge in [0.15, 0.2) is 23.0 Å². The molecule has 0 saturated heterocycles. The second-order valence-corrected chi connectivity index (χ2v) is 7.67. The first-order valence-corrected chi connectivity index (χ1v) is 9.28. The Labute approximate surface area is 166 Å². The lowest BCUT2D eigenvalue weighted by Crippen LogP contribution is -2.97. The summed E-state index contributed by atoms with van der Waals surface area (Å²) in [7, 11) is 8.22. The maximum Gasteiger partial charge on any atom is 0.203 e. The van der Waals surface area contributed by atoms with Crippen LogP contribution in [0.25, 0.3) is 0 Å². The number of nitrogens with two attached hydrogens (primary N) is 1. The van der Waals surface area contributed by atoms with Crippen molar-refractivity contribution in [2.45, 2.75) is 31.8 Å². The van der Waals surface area contributed by atoms with E-state index in [1.165, 1.54) is 11.1 Å². The normalized spacial score (nSPS) is 17.5. The topological polar surface area (TPSA) is 62.8 Å². The molecular weight excluding hydrogens is 358 g/mol. The van der Waals surface area contributed by atoms with Gasteiger partial charge in [-0.15, -0.1) is 0 Å². The van der Waals surface area contributed by atoms with Crippen LogP contribution in [0.15, 0.2) is 24.3 Å². The van der Waals surface area contributed by atoms with E-state index in [0.29, 0.717) is 17.2 Å². The molecule has 0 bridgehead atoms. The van der Waals surface area contributed by atoms with E-state index in [2.05, 4.69) is 31.3 Å². The minimum Gasteiger partial charge on any atom is -0.493 e. The summed E-state index contributed by atoms with van der Waals surface area (Å²) in [5, 5.41) is 2.38. The molecule has 1 aliphatic heterocycles. The molecule has 1 aliphatic rings. The van der Waals surface area contributed by atoms with Gasteiger partial charge in [0.05, 0.1) is 41.1 Å². The van der Waals surface area contributed by atoms with E-state index < -0.39 is 0 Å². The predicted octanol–water partition coefficient (Wildman–Crippen LogP) is 2.72. The lowest BCUT2D eigenvalue weighted by molar-refractivity contribution is -0.752. The zero-order valence-electron chi connectivity index (χ0n) is 17.7. The van der Waals surface area contributed by atoms with Crippen molar-refractivity contribution < 1.29 is 29.0 Å². The van der Waals surface area contributed by atoms with Crippen molar-refractivity contribution in [2.75, 3.05) is 35.5 Å². The molecule has 1 heterocycles. The smallest absolute Gasteiger partial charge is 0.203 e. The van der Waals surface area contributed by atoms with Gasteiger partial charge in [-0.25, -0.2) is 0 Å². The fourth-order valence-corrected chi connectivity index (χ4v) is 4.03. The van der Waals surface area contributed by atoms with Gasteiger partial charge in [-0.1, -0.05) is 0 Å². The molecule has 0 aromatic heterocycles. The van der Waals surface area contributed by atoms with E-state index in [1.807, 2.05) is 12.1 Å². The summed E-state index contributed by atoms with van der Waals surface area (Å²) in [5.41, 5.74) is 3.56. The zero-order chi connectivity index (χ0) is 20.5. The van der Waals surface area contributed by atoms with Gasteiger partial charge in [0, 0.05) is 17.5 Å². The molecule has 2 aromatic rings. The highest BCUT2D eigenvalue weighted by Gasteiger charge is 2.38. The van der Waals surface area contributed by atoms with Crippen molar-refractivity contribution >= 4 is 0 Å². The number of hydrogen-bond acceptors (Lipinski definition) is 5. The molecule has 0 radical (unpaired) electrons. The molecule has 0 saturated carbocycles. The molecule has 0 fully saturated rings. The minimum absolute atomic E-state index is 0.0255. The summed E-state index contributed by atoms with van der Waals surface area (Å²) >= 11 is 0. The van der Waals surface area contributed by atoms with E-state index in [4.69, 9.17) is 23.7 Å². The van der Waals surface area contributed by atoms with Gasteiger partial charge in [0.1, 0.15) is 6.04 Å². The van der Waals surface area contributed by atoms with Crippen LogP contribution >= 0.6 is 0 Å². The molecule has 6 nitrogen and oxygen atoms in total. The lowest BCUT2D eigenvalue weighted by Gasteiger charge is -2.36. The number of quaternary nitrogens is 1. The zero-order valence-corrected chi connectivity index (χ0v) is 17.7. The van der Waals surface area contributed by atoms with Gasteiger partial charge in [0.2, 0.25) is 5.75 Å². The summed E-state index contributed by atoms with van der Waals surface area (Å²) in [6.07, 6.45) is 0.934. The molecule has 0 unspecified atom stereocenters. The van der Waals surface area contributed by atoms with Crippen LogP contribution in [0.5, 0.6) is 28.7 Å². The van der Waals surface area contributed by atoms with E-state index >= 15 is 0 Å². The Bertz CT molecular complexity index is 837. The third-order valence-corrected chi connectivity index (χ3v) is 5.29. The van der Waals surface area contributed by atoms with Crippen LogP contribution in [-0.2, 0) is 6.42 Å². The number of benzene rings is 2. The molecule has 2 N–H and O–H groups in total. The highest BCUT2D eigenvalue weighted by molar-refractivity contribution is 5.57. The van der Waals surface area contributed by atoms with Gasteiger partial charge in [0.25, 0.3) is 0 Å². The molecule has 28 heavy (non-hydrogen) atoms. The fourth-order valence-electron chi connectivity index (χ4n) is 4.03. The molecule has 152 valence electrons. The molecule has 2 aromatic carbocycles. The van der Waals surface area contributed by atoms with Crippen LogP contribution < -0.4 is 29.0 Å². The van der Waals surface area contributed by atoms with Gasteiger partial charge in [-0.2, -0.15) is 0 Å². The van der Waals surface area contributed by atoms with Crippen molar-refractivity contribution in [1.82, 2.24) is 0 Å². The van der Waals surface area contributed by atoms with Crippen LogP contribution in [0, 0.1) is 0 Å². The molecular formula is C22H30NO5+. The Morgan fingerprint density at radius 1 is 0.750 bits per heavy atom. The van der Waals surface area contributed by atoms with Crippen LogP contribution in [0.1, 0.15) is 36.6 Å². The van der Waals surface area contributed by atoms with Crippen LogP contribution in [0.2, 0.25) is 0 Å². The van der Waals surface area contributed by atoms with Crippen molar-refractivity contribution in [3.63, 3.8) is 0 Å². The largest absolute Gasteiger partial charge is 0.493 e. The molecule has 1 atom stereocenters. The van der Waals surface area contributed by atoms with Crippen molar-refractivity contribution in [1.29, 1.82) is 0 Å². The molecule has 6 heteroatoms. The van der Waals surface area contributed by atoms with Gasteiger partial charge >= 0.3 is 0 Å². The average molecular weight is 388 g/mol. The van der Waals surface area contributed by atoms with Crippen LogP contribution in [0.4, 0.5) is 0 Å². The van der Waals surface area contributed by atoms with E-state index in [-0.39, 0.29) is 11.6 Å². The van der Waals surface area contributed by atoms with Gasteiger partial charge < -0.3 is 29.0 Å². The number of methoxy groups -OCH3 is 5. The predicted molar refractivity (Wildman–Crippen MR) is 107 cm³/mol. The first-order chi connectivity index (χ1) is 13.4. The summed E-state index contributed by atoms with van der Waals surface area (Å²) in [4.78, 5) is 0. The summed E-state index contributed by atoms with van der Waals surface area (Å²) in [6.45, 7) is 4.50. The highest BCUT2D eigenvalue weighted by Crippen LogP contribution is 2.43. The first kappa shape index (κ1) is 20.1. The fraction of sp³-hybridized carbons (Fsp3) is 0.455. The molecule has 0 spiro atoms. The number of hydrogen-bond donors (Lipinski definition) is 1. The number of rotatable bonds is 6. The number of ether oxygens (including phenoxy) is 5. The molecule has 0 aliphatic carbocycles. The second kappa shape index (κ2) is 7.80. The van der Waals surface area contributed by atoms with E-state index in [0.717, 1.165) is 23.5 Å². The van der Waals surface area contributed by atoms with Crippen LogP contribution in [0.3, 0.4) is 0 Å². The Morgan fingerprint density at radius 2 is 1.29 bits per heavy atom. The molecule has 3 rings (SSSR count). The monoisotopic (exact) mass is 388 g/mol. The van der Waals surface area contributed by atoms with Crippen molar-refractivity contribution in [3.8, 4) is 28.7 Å². The van der Waals surface area contributed by atoms with Crippen molar-refractivity contribution in [3.05, 3.63) is 41.0 Å². The Balaban J connectivity index is 2.20. The van der Waals surface area contributed by atoms with E-state index in [1.54, 1.807) is 35.5 Å². The highest BCUT2D eigenvalue weighted by atomic mass is 16.5. The number of fused-ring (bicyclic) bond motifs is 1. The summed E-state index contributed by atoms with van der Waals surface area (Å²) < 4.78 is 27.7. The van der Waals surface area contributed by atoms with Crippen LogP contribution in [-0.4, -0.2) is 41.1 Å². The first-order valence-electron chi connectivity index (χ1n) is 9.28. The van der Waals surface area contributed by atoms with Gasteiger partial charge in [-0.3, -0.25) is 0 Å². The maximum absolute atomic E-state index is 5.57. The third kappa shape index (κ3) is 3.56. The molecule has 0 amide bonds. The Morgan fingerprint density at radius 3 is 1.79 bits per heavy atom. The lowest BCUT2D eigenvalue weighted by atomic mass is 9.81. The standard InChI is InChI=1S/C22H29NO5/c1-22(2)12-14-10-16(24-3)17(25-4)11-15(14)20(23-22)13-8-18(26-5)21(28-7)19(9-13)27-6/h8-11,20,23H,12H2,1-7H3/p+1/t20-/m0/s1. The van der Waals surface area contributed by atoms with E-state index in [9.17, 15) is 0 Å². The quantitative estimate of drug-likeness (QED) is 0.824. The Kier molecular flexibility index (Phi) is 5.61. The second-order valence-electron chi connectivity index (χ2n) is 7.67. The third-order valence-electron chi connectivity index (χ3n) is 5.29. The average Bonchev–Trinajstić information content (AvgIpc) is 2.70. The SMILES string of the molecule is COc1cc2c(cc1OC)[C@H](c1cc(OC)c(OC)c(OC)c1)[NH2+]C(C)(C)C2. The maximum atomic E-state index is 5.57.